The highest BCUT2D eigenvalue weighted by molar-refractivity contribution is 7.94. The van der Waals surface area contributed by atoms with Crippen molar-refractivity contribution in [1.82, 2.24) is 4.98 Å². The van der Waals surface area contributed by atoms with Crippen LogP contribution in [-0.4, -0.2) is 58.2 Å². The number of rotatable bonds is 13. The first-order valence-corrected chi connectivity index (χ1v) is 16.9. The van der Waals surface area contributed by atoms with E-state index in [2.05, 4.69) is 32.4 Å². The van der Waals surface area contributed by atoms with E-state index in [0.29, 0.717) is 12.6 Å². The van der Waals surface area contributed by atoms with Crippen molar-refractivity contribution < 1.29 is 34.4 Å². The topological polar surface area (TPSA) is 228 Å². The highest BCUT2D eigenvalue weighted by Gasteiger charge is 2.26. The predicted octanol–water partition coefficient (Wildman–Crippen LogP) is 4.51. The van der Waals surface area contributed by atoms with Crippen molar-refractivity contribution in [3.8, 4) is 6.07 Å². The minimum Gasteiger partial charge on any atom is -0.368 e. The summed E-state index contributed by atoms with van der Waals surface area (Å²) in [5.74, 6) is -0.0773. The highest BCUT2D eigenvalue weighted by atomic mass is 32.2. The van der Waals surface area contributed by atoms with Gasteiger partial charge in [-0.15, -0.1) is 10.2 Å². The summed E-state index contributed by atoms with van der Waals surface area (Å²) in [6.07, 6.45) is 1.56. The standard InChI is InChI=1S/C25H28N6O8S3/c1-4-6-11-27-25-22(16(3)19(15-26)24(29-25)28-12-13-40(32,33)5-2)30-31-23-18-10-8-7-9-17(18)20(41(34,35)36)14-21(23)42(37,38)39/h5,7-10,14H,2,4,6,11-13H2,1,3H3,(H2,27,28,29)(H,34,35,36)(H,37,38,39)/b31-30+. The van der Waals surface area contributed by atoms with E-state index in [1.807, 2.05) is 13.0 Å². The number of nitrogens with one attached hydrogen (secondary N) is 2. The van der Waals surface area contributed by atoms with Crippen LogP contribution in [-0.2, 0) is 30.1 Å². The summed E-state index contributed by atoms with van der Waals surface area (Å²) in [4.78, 5) is 2.73. The molecule has 0 aliphatic heterocycles. The number of sulfone groups is 1. The Bertz CT molecular complexity index is 1930. The molecule has 0 aliphatic carbocycles. The van der Waals surface area contributed by atoms with Crippen molar-refractivity contribution in [3.05, 3.63) is 53.4 Å². The van der Waals surface area contributed by atoms with Crippen molar-refractivity contribution in [2.75, 3.05) is 29.5 Å². The summed E-state index contributed by atoms with van der Waals surface area (Å²) in [7, 11) is -13.5. The fourth-order valence-corrected chi connectivity index (χ4v) is 5.91. The Morgan fingerprint density at radius 1 is 0.952 bits per heavy atom. The monoisotopic (exact) mass is 636 g/mol. The molecule has 1 heterocycles. The number of aromatic nitrogens is 1. The van der Waals surface area contributed by atoms with Gasteiger partial charge in [0.1, 0.15) is 33.1 Å². The molecule has 0 spiro atoms. The SMILES string of the molecule is C=CS(=O)(=O)CCNc1nc(NCCCC)c(/N=N/c2c(S(=O)(=O)O)cc(S(=O)(=O)O)c3ccccc23)c(C)c1C#N. The normalized spacial score (nSPS) is 12.4. The first-order valence-electron chi connectivity index (χ1n) is 12.3. The van der Waals surface area contributed by atoms with Gasteiger partial charge < -0.3 is 10.6 Å². The maximum atomic E-state index is 12.3. The quantitative estimate of drug-likeness (QED) is 0.115. The second-order valence-corrected chi connectivity index (χ2v) is 13.8. The van der Waals surface area contributed by atoms with E-state index < -0.39 is 45.6 Å². The highest BCUT2D eigenvalue weighted by Crippen LogP contribution is 2.40. The van der Waals surface area contributed by atoms with Gasteiger partial charge in [-0.25, -0.2) is 13.4 Å². The molecule has 4 N–H and O–H groups in total. The molecule has 42 heavy (non-hydrogen) atoms. The molecule has 0 atom stereocenters. The largest absolute Gasteiger partial charge is 0.368 e. The summed E-state index contributed by atoms with van der Waals surface area (Å²) in [6, 6.07) is 8.15. The van der Waals surface area contributed by atoms with E-state index in [1.54, 1.807) is 0 Å². The van der Waals surface area contributed by atoms with Gasteiger partial charge in [0.05, 0.1) is 11.3 Å². The maximum Gasteiger partial charge on any atom is 0.296 e. The number of nitrogens with zero attached hydrogens (tertiary/aromatic N) is 4. The third kappa shape index (κ3) is 7.46. The lowest BCUT2D eigenvalue weighted by Gasteiger charge is -2.16. The van der Waals surface area contributed by atoms with E-state index >= 15 is 0 Å². The second-order valence-electron chi connectivity index (χ2n) is 8.93. The fourth-order valence-electron chi connectivity index (χ4n) is 3.90. The van der Waals surface area contributed by atoms with Crippen molar-refractivity contribution in [2.24, 2.45) is 10.2 Å². The van der Waals surface area contributed by atoms with Crippen LogP contribution in [0, 0.1) is 18.3 Å². The van der Waals surface area contributed by atoms with Crippen LogP contribution in [0.2, 0.25) is 0 Å². The molecular weight excluding hydrogens is 609 g/mol. The minimum atomic E-state index is -5.07. The average Bonchev–Trinajstić information content (AvgIpc) is 2.91. The number of unbranched alkanes of at least 4 members (excludes halogenated alkanes) is 1. The number of anilines is 2. The zero-order chi connectivity index (χ0) is 31.3. The molecule has 1 aromatic heterocycles. The Hall–Kier alpha value is -3.95. The van der Waals surface area contributed by atoms with Crippen LogP contribution in [0.3, 0.4) is 0 Å². The van der Waals surface area contributed by atoms with Gasteiger partial charge in [0.25, 0.3) is 20.2 Å². The lowest BCUT2D eigenvalue weighted by atomic mass is 10.1. The number of fused-ring (bicyclic) bond motifs is 1. The van der Waals surface area contributed by atoms with Crippen LogP contribution in [0.25, 0.3) is 10.8 Å². The zero-order valence-electron chi connectivity index (χ0n) is 22.6. The second kappa shape index (κ2) is 12.9. The van der Waals surface area contributed by atoms with Gasteiger partial charge in [-0.3, -0.25) is 9.11 Å². The number of benzene rings is 2. The van der Waals surface area contributed by atoms with Crippen LogP contribution < -0.4 is 10.6 Å². The molecular formula is C25H28N6O8S3. The lowest BCUT2D eigenvalue weighted by Crippen LogP contribution is -2.16. The van der Waals surface area contributed by atoms with Crippen molar-refractivity contribution in [2.45, 2.75) is 36.5 Å². The number of nitriles is 1. The molecule has 0 saturated carbocycles. The Morgan fingerprint density at radius 2 is 1.55 bits per heavy atom. The molecule has 3 aromatic rings. The van der Waals surface area contributed by atoms with Gasteiger partial charge in [0.2, 0.25) is 0 Å². The first-order chi connectivity index (χ1) is 19.6. The van der Waals surface area contributed by atoms with Crippen molar-refractivity contribution >= 4 is 63.9 Å². The van der Waals surface area contributed by atoms with Gasteiger partial charge in [-0.05, 0) is 19.4 Å². The summed E-state index contributed by atoms with van der Waals surface area (Å²) >= 11 is 0. The van der Waals surface area contributed by atoms with Gasteiger partial charge >= 0.3 is 0 Å². The lowest BCUT2D eigenvalue weighted by molar-refractivity contribution is 0.482. The van der Waals surface area contributed by atoms with E-state index in [0.717, 1.165) is 18.2 Å². The molecule has 14 nitrogen and oxygen atoms in total. The molecule has 0 aliphatic rings. The van der Waals surface area contributed by atoms with Crippen LogP contribution in [0.4, 0.5) is 23.0 Å². The molecule has 224 valence electrons. The Labute approximate surface area is 243 Å². The summed E-state index contributed by atoms with van der Waals surface area (Å²) in [6.45, 7) is 7.12. The van der Waals surface area contributed by atoms with E-state index in [-0.39, 0.29) is 51.5 Å². The van der Waals surface area contributed by atoms with Crippen molar-refractivity contribution in [1.29, 1.82) is 5.26 Å². The number of hydrogen-bond donors (Lipinski definition) is 4. The van der Waals surface area contributed by atoms with E-state index in [9.17, 15) is 39.6 Å². The molecule has 3 rings (SSSR count). The van der Waals surface area contributed by atoms with Gasteiger partial charge in [-0.2, -0.15) is 22.1 Å². The number of hydrogen-bond acceptors (Lipinski definition) is 12. The number of pyridine rings is 1. The van der Waals surface area contributed by atoms with Gasteiger partial charge in [-0.1, -0.05) is 44.2 Å². The van der Waals surface area contributed by atoms with Crippen LogP contribution >= 0.6 is 0 Å². The summed E-state index contributed by atoms with van der Waals surface area (Å²) in [5, 5.41) is 24.7. The molecule has 0 unspecified atom stereocenters. The summed E-state index contributed by atoms with van der Waals surface area (Å²) in [5.41, 5.74) is -0.106. The summed E-state index contributed by atoms with van der Waals surface area (Å²) < 4.78 is 91.8. The molecule has 0 saturated heterocycles. The van der Waals surface area contributed by atoms with Crippen LogP contribution in [0.5, 0.6) is 0 Å². The van der Waals surface area contributed by atoms with Gasteiger partial charge in [0.15, 0.2) is 15.7 Å². The number of azo groups is 1. The zero-order valence-corrected chi connectivity index (χ0v) is 25.0. The van der Waals surface area contributed by atoms with Crippen LogP contribution in [0.15, 0.2) is 62.3 Å². The van der Waals surface area contributed by atoms with Crippen molar-refractivity contribution in [3.63, 3.8) is 0 Å². The first kappa shape index (κ1) is 32.6. The Kier molecular flexibility index (Phi) is 10.0. The molecule has 0 fully saturated rings. The molecule has 17 heteroatoms. The predicted molar refractivity (Wildman–Crippen MR) is 157 cm³/mol. The smallest absolute Gasteiger partial charge is 0.296 e. The third-order valence-electron chi connectivity index (χ3n) is 6.03. The molecule has 0 radical (unpaired) electrons. The van der Waals surface area contributed by atoms with E-state index in [4.69, 9.17) is 0 Å². The molecule has 0 bridgehead atoms. The molecule has 0 amide bonds. The average molecular weight is 637 g/mol. The maximum absolute atomic E-state index is 12.3. The van der Waals surface area contributed by atoms with Gasteiger partial charge in [0, 0.05) is 34.8 Å². The molecule has 2 aromatic carbocycles. The van der Waals surface area contributed by atoms with Crippen LogP contribution in [0.1, 0.15) is 30.9 Å². The minimum absolute atomic E-state index is 0.0163. The fraction of sp³-hybridized carbons (Fsp3) is 0.280. The Morgan fingerprint density at radius 3 is 2.12 bits per heavy atom. The van der Waals surface area contributed by atoms with E-state index in [1.165, 1.54) is 31.2 Å². The third-order valence-corrected chi connectivity index (χ3v) is 9.07. The Balaban J connectivity index is 2.26.